The van der Waals surface area contributed by atoms with Gasteiger partial charge in [0.15, 0.2) is 0 Å². The fourth-order valence-corrected chi connectivity index (χ4v) is 1.81. The lowest BCUT2D eigenvalue weighted by atomic mass is 10.1. The fraction of sp³-hybridized carbons (Fsp3) is 0.333. The molecule has 0 aliphatic rings. The highest BCUT2D eigenvalue weighted by atomic mass is 19.4. The average molecular weight is 260 g/mol. The third kappa shape index (κ3) is 3.22. The minimum absolute atomic E-state index is 0.197. The van der Waals surface area contributed by atoms with Crippen LogP contribution >= 0.6 is 0 Å². The van der Waals surface area contributed by atoms with Gasteiger partial charge >= 0.3 is 6.18 Å². The number of H-pyrrole nitrogens is 1. The van der Waals surface area contributed by atoms with Crippen molar-refractivity contribution in [2.45, 2.75) is 12.6 Å². The molecule has 0 aliphatic heterocycles. The molecule has 1 aromatic carbocycles. The summed E-state index contributed by atoms with van der Waals surface area (Å²) in [4.78, 5) is 2.96. The molecule has 0 radical (unpaired) electrons. The predicted octanol–water partition coefficient (Wildman–Crippen LogP) is 3.00. The van der Waals surface area contributed by atoms with Gasteiger partial charge in [-0.15, -0.1) is 0 Å². The van der Waals surface area contributed by atoms with Gasteiger partial charge < -0.3 is 10.3 Å². The first-order chi connectivity index (χ1) is 8.46. The number of alkyl halides is 3. The third-order valence-corrected chi connectivity index (χ3v) is 2.63. The molecular formula is C12H12F4N2. The van der Waals surface area contributed by atoms with E-state index >= 15 is 0 Å². The van der Waals surface area contributed by atoms with Crippen molar-refractivity contribution < 1.29 is 17.6 Å². The summed E-state index contributed by atoms with van der Waals surface area (Å²) in [5.74, 6) is -0.355. The summed E-state index contributed by atoms with van der Waals surface area (Å²) < 4.78 is 48.8. The first-order valence-corrected chi connectivity index (χ1v) is 5.49. The average Bonchev–Trinajstić information content (AvgIpc) is 2.66. The molecule has 6 heteroatoms. The highest BCUT2D eigenvalue weighted by molar-refractivity contribution is 5.83. The van der Waals surface area contributed by atoms with Gasteiger partial charge in [-0.2, -0.15) is 13.2 Å². The van der Waals surface area contributed by atoms with E-state index in [-0.39, 0.29) is 12.4 Å². The molecule has 1 heterocycles. The van der Waals surface area contributed by atoms with E-state index in [1.54, 1.807) is 12.3 Å². The summed E-state index contributed by atoms with van der Waals surface area (Å²) in [5.41, 5.74) is 1.58. The molecule has 18 heavy (non-hydrogen) atoms. The molecule has 0 aliphatic carbocycles. The van der Waals surface area contributed by atoms with Crippen molar-refractivity contribution >= 4 is 10.9 Å². The van der Waals surface area contributed by atoms with Crippen LogP contribution in [0.2, 0.25) is 0 Å². The van der Waals surface area contributed by atoms with Crippen LogP contribution in [0.25, 0.3) is 10.9 Å². The summed E-state index contributed by atoms with van der Waals surface area (Å²) in [6.07, 6.45) is -2.09. The molecule has 0 unspecified atom stereocenters. The number of hydrogen-bond acceptors (Lipinski definition) is 1. The van der Waals surface area contributed by atoms with E-state index in [9.17, 15) is 17.6 Å². The van der Waals surface area contributed by atoms with Gasteiger partial charge in [0.1, 0.15) is 5.82 Å². The Morgan fingerprint density at radius 3 is 2.72 bits per heavy atom. The monoisotopic (exact) mass is 260 g/mol. The summed E-state index contributed by atoms with van der Waals surface area (Å²) >= 11 is 0. The van der Waals surface area contributed by atoms with Gasteiger partial charge in [0.2, 0.25) is 0 Å². The van der Waals surface area contributed by atoms with Crippen LogP contribution in [0.15, 0.2) is 24.4 Å². The predicted molar refractivity (Wildman–Crippen MR) is 60.9 cm³/mol. The van der Waals surface area contributed by atoms with Crippen molar-refractivity contribution in [3.63, 3.8) is 0 Å². The van der Waals surface area contributed by atoms with Crippen molar-refractivity contribution in [3.8, 4) is 0 Å². The Labute approximate surface area is 101 Å². The van der Waals surface area contributed by atoms with Crippen molar-refractivity contribution in [1.29, 1.82) is 0 Å². The number of benzene rings is 1. The number of halogens is 4. The molecule has 2 N–H and O–H groups in total. The largest absolute Gasteiger partial charge is 0.401 e. The van der Waals surface area contributed by atoms with Crippen LogP contribution in [0.1, 0.15) is 5.56 Å². The Bertz CT molecular complexity index is 530. The second kappa shape index (κ2) is 4.97. The Balaban J connectivity index is 1.98. The summed E-state index contributed by atoms with van der Waals surface area (Å²) in [6.45, 7) is -0.813. The highest BCUT2D eigenvalue weighted by Crippen LogP contribution is 2.19. The van der Waals surface area contributed by atoms with E-state index in [2.05, 4.69) is 10.3 Å². The first-order valence-electron chi connectivity index (χ1n) is 5.49. The molecule has 0 atom stereocenters. The van der Waals surface area contributed by atoms with E-state index in [1.165, 1.54) is 12.1 Å². The highest BCUT2D eigenvalue weighted by Gasteiger charge is 2.25. The van der Waals surface area contributed by atoms with Crippen LogP contribution in [0.3, 0.4) is 0 Å². The van der Waals surface area contributed by atoms with Crippen LogP contribution in [0.4, 0.5) is 17.6 Å². The molecule has 98 valence electrons. The van der Waals surface area contributed by atoms with Crippen molar-refractivity contribution in [3.05, 3.63) is 35.8 Å². The molecule has 0 spiro atoms. The van der Waals surface area contributed by atoms with Gasteiger partial charge in [-0.1, -0.05) is 0 Å². The topological polar surface area (TPSA) is 27.8 Å². The van der Waals surface area contributed by atoms with E-state index in [1.807, 2.05) is 0 Å². The lowest BCUT2D eigenvalue weighted by Crippen LogP contribution is -2.30. The summed E-state index contributed by atoms with van der Waals surface area (Å²) in [5, 5.41) is 3.02. The zero-order chi connectivity index (χ0) is 13.2. The summed E-state index contributed by atoms with van der Waals surface area (Å²) in [6, 6.07) is 4.33. The SMILES string of the molecule is Fc1ccc2[nH]cc(CCNCC(F)(F)F)c2c1. The van der Waals surface area contributed by atoms with Crippen LogP contribution in [-0.2, 0) is 6.42 Å². The lowest BCUT2D eigenvalue weighted by molar-refractivity contribution is -0.124. The lowest BCUT2D eigenvalue weighted by Gasteiger charge is -2.07. The first kappa shape index (κ1) is 12.9. The number of nitrogens with one attached hydrogen (secondary N) is 2. The molecule has 0 fully saturated rings. The molecule has 2 rings (SSSR count). The maximum atomic E-state index is 13.1. The molecule has 0 amide bonds. The number of aromatic nitrogens is 1. The number of rotatable bonds is 4. The van der Waals surface area contributed by atoms with Crippen LogP contribution in [0, 0.1) is 5.82 Å². The standard InChI is InChI=1S/C12H12F4N2/c13-9-1-2-11-10(5-9)8(6-18-11)3-4-17-7-12(14,15)16/h1-2,5-6,17-18H,3-4,7H2. The van der Waals surface area contributed by atoms with Crippen LogP contribution in [-0.4, -0.2) is 24.2 Å². The number of fused-ring (bicyclic) bond motifs is 1. The Kier molecular flexibility index (Phi) is 3.56. The van der Waals surface area contributed by atoms with Gasteiger partial charge in [-0.05, 0) is 36.7 Å². The van der Waals surface area contributed by atoms with Crippen molar-refractivity contribution in [2.75, 3.05) is 13.1 Å². The second-order valence-corrected chi connectivity index (χ2v) is 4.05. The van der Waals surface area contributed by atoms with E-state index in [0.29, 0.717) is 11.8 Å². The third-order valence-electron chi connectivity index (χ3n) is 2.63. The molecule has 1 aromatic heterocycles. The molecule has 0 saturated carbocycles. The Hall–Kier alpha value is -1.56. The van der Waals surface area contributed by atoms with Gasteiger partial charge in [0, 0.05) is 17.1 Å². The van der Waals surface area contributed by atoms with E-state index in [0.717, 1.165) is 11.1 Å². The Morgan fingerprint density at radius 2 is 2.00 bits per heavy atom. The second-order valence-electron chi connectivity index (χ2n) is 4.05. The van der Waals surface area contributed by atoms with E-state index < -0.39 is 12.7 Å². The molecule has 0 bridgehead atoms. The quantitative estimate of drug-likeness (QED) is 0.642. The van der Waals surface area contributed by atoms with E-state index in [4.69, 9.17) is 0 Å². The number of hydrogen-bond donors (Lipinski definition) is 2. The fourth-order valence-electron chi connectivity index (χ4n) is 1.81. The van der Waals surface area contributed by atoms with Gasteiger partial charge in [-0.25, -0.2) is 4.39 Å². The smallest absolute Gasteiger partial charge is 0.361 e. The van der Waals surface area contributed by atoms with Crippen molar-refractivity contribution in [1.82, 2.24) is 10.3 Å². The summed E-state index contributed by atoms with van der Waals surface area (Å²) in [7, 11) is 0. The maximum Gasteiger partial charge on any atom is 0.401 e. The van der Waals surface area contributed by atoms with Gasteiger partial charge in [0.05, 0.1) is 6.54 Å². The van der Waals surface area contributed by atoms with Crippen LogP contribution in [0.5, 0.6) is 0 Å². The molecule has 2 nitrogen and oxygen atoms in total. The van der Waals surface area contributed by atoms with Crippen LogP contribution < -0.4 is 5.32 Å². The molecular weight excluding hydrogens is 248 g/mol. The minimum Gasteiger partial charge on any atom is -0.361 e. The minimum atomic E-state index is -4.20. The number of aromatic amines is 1. The normalized spacial score (nSPS) is 12.2. The maximum absolute atomic E-state index is 13.1. The van der Waals surface area contributed by atoms with Gasteiger partial charge in [0.25, 0.3) is 0 Å². The van der Waals surface area contributed by atoms with Gasteiger partial charge in [-0.3, -0.25) is 0 Å². The zero-order valence-electron chi connectivity index (χ0n) is 9.44. The Morgan fingerprint density at radius 1 is 1.22 bits per heavy atom. The zero-order valence-corrected chi connectivity index (χ0v) is 9.44. The molecule has 0 saturated heterocycles. The van der Waals surface area contributed by atoms with Crippen molar-refractivity contribution in [2.24, 2.45) is 0 Å². The molecule has 2 aromatic rings.